The first-order chi connectivity index (χ1) is 21.9. The van der Waals surface area contributed by atoms with Gasteiger partial charge in [-0.05, 0) is 54.8 Å². The lowest BCUT2D eigenvalue weighted by molar-refractivity contribution is -0.142. The predicted molar refractivity (Wildman–Crippen MR) is 160 cm³/mol. The number of imidazole rings is 1. The highest BCUT2D eigenvalue weighted by Crippen LogP contribution is 2.37. The van der Waals surface area contributed by atoms with Gasteiger partial charge in [0.1, 0.15) is 11.6 Å². The summed E-state index contributed by atoms with van der Waals surface area (Å²) in [5, 5.41) is 0. The maximum atomic E-state index is 14.7. The van der Waals surface area contributed by atoms with Gasteiger partial charge in [0.05, 0.1) is 18.4 Å². The van der Waals surface area contributed by atoms with E-state index in [0.29, 0.717) is 46.8 Å². The molecule has 0 amide bonds. The monoisotopic (exact) mass is 651 g/mol. The first-order valence-corrected chi connectivity index (χ1v) is 14.5. The van der Waals surface area contributed by atoms with E-state index in [-0.39, 0.29) is 44.5 Å². The van der Waals surface area contributed by atoms with Gasteiger partial charge in [0.15, 0.2) is 28.8 Å². The van der Waals surface area contributed by atoms with Crippen LogP contribution in [0.4, 0.5) is 26.3 Å². The highest BCUT2D eigenvalue weighted by Gasteiger charge is 2.40. The number of nitrogens with zero attached hydrogens (tertiary/aromatic N) is 3. The molecule has 13 heteroatoms. The van der Waals surface area contributed by atoms with Crippen molar-refractivity contribution < 1.29 is 45.3 Å². The molecule has 0 atom stereocenters. The second kappa shape index (κ2) is 15.3. The van der Waals surface area contributed by atoms with Crippen LogP contribution in [0.3, 0.4) is 0 Å². The average Bonchev–Trinajstić information content (AvgIpc) is 3.61. The van der Waals surface area contributed by atoms with Gasteiger partial charge in [0.25, 0.3) is 0 Å². The van der Waals surface area contributed by atoms with Crippen molar-refractivity contribution in [1.29, 1.82) is 0 Å². The highest BCUT2D eigenvalue weighted by molar-refractivity contribution is 5.72. The molecule has 46 heavy (non-hydrogen) atoms. The molecule has 1 aliphatic heterocycles. The molecular weight excluding hydrogens is 616 g/mol. The topological polar surface area (TPSA) is 58.0 Å². The Morgan fingerprint density at radius 1 is 1.09 bits per heavy atom. The van der Waals surface area contributed by atoms with E-state index < -0.39 is 30.0 Å². The number of allylic oxidation sites excluding steroid dienone is 5. The summed E-state index contributed by atoms with van der Waals surface area (Å²) in [6, 6.07) is 8.67. The fraction of sp³-hybridized carbons (Fsp3) is 0.364. The summed E-state index contributed by atoms with van der Waals surface area (Å²) >= 11 is 0. The lowest BCUT2D eigenvalue weighted by Crippen LogP contribution is -2.26. The number of rotatable bonds is 15. The van der Waals surface area contributed by atoms with Gasteiger partial charge < -0.3 is 23.5 Å². The van der Waals surface area contributed by atoms with Crippen molar-refractivity contribution in [1.82, 2.24) is 14.5 Å². The smallest absolute Gasteiger partial charge is 0.435 e. The Morgan fingerprint density at radius 2 is 1.78 bits per heavy atom. The molecule has 0 unspecified atom stereocenters. The molecule has 2 heterocycles. The normalized spacial score (nSPS) is 13.5. The Morgan fingerprint density at radius 3 is 2.41 bits per heavy atom. The second-order valence-electron chi connectivity index (χ2n) is 10.5. The van der Waals surface area contributed by atoms with Gasteiger partial charge in [0, 0.05) is 26.2 Å². The van der Waals surface area contributed by atoms with Crippen molar-refractivity contribution in [3.63, 3.8) is 0 Å². The Bertz CT molecular complexity index is 1580. The third kappa shape index (κ3) is 8.45. The number of ether oxygens (including phenoxy) is 4. The summed E-state index contributed by atoms with van der Waals surface area (Å²) in [5.41, 5.74) is 0.227. The van der Waals surface area contributed by atoms with Crippen molar-refractivity contribution >= 4 is 5.57 Å². The zero-order chi connectivity index (χ0) is 33.4. The van der Waals surface area contributed by atoms with Gasteiger partial charge in [-0.2, -0.15) is 22.0 Å². The number of hydrogen-bond acceptors (Lipinski definition) is 6. The predicted octanol–water partition coefficient (Wildman–Crippen LogP) is 8.49. The lowest BCUT2D eigenvalue weighted by atomic mass is 10.1. The molecule has 0 bridgehead atoms. The molecule has 1 aliphatic rings. The van der Waals surface area contributed by atoms with Crippen LogP contribution in [0.15, 0.2) is 67.0 Å². The van der Waals surface area contributed by atoms with E-state index in [1.54, 1.807) is 46.7 Å². The van der Waals surface area contributed by atoms with Crippen LogP contribution in [0.25, 0.3) is 5.57 Å². The minimum absolute atomic E-state index is 0.0396. The first kappa shape index (κ1) is 34.5. The van der Waals surface area contributed by atoms with E-state index in [0.717, 1.165) is 12.1 Å². The van der Waals surface area contributed by atoms with Gasteiger partial charge >= 0.3 is 12.8 Å². The van der Waals surface area contributed by atoms with Crippen LogP contribution in [-0.4, -0.2) is 35.0 Å². The number of alkyl halides is 5. The van der Waals surface area contributed by atoms with E-state index in [4.69, 9.17) is 14.2 Å². The van der Waals surface area contributed by atoms with Crippen LogP contribution in [-0.2, 0) is 37.1 Å². The lowest BCUT2D eigenvalue weighted by Gasteiger charge is -2.25. The molecule has 0 saturated carbocycles. The average molecular weight is 652 g/mol. The van der Waals surface area contributed by atoms with Crippen molar-refractivity contribution in [2.24, 2.45) is 0 Å². The molecule has 2 aromatic carbocycles. The molecule has 0 N–H and O–H groups in total. The summed E-state index contributed by atoms with van der Waals surface area (Å²) in [7, 11) is 1.42. The third-order valence-electron chi connectivity index (χ3n) is 7.24. The SMILES string of the molecule is C=C/C=C\C(=C(/C)OC)c1nc(C(F)(F)F)c(CN(Cc2ccc(OC(F)F)c(F)c2)Cc2ccc3c(c2)OCO3)n1CCCC. The Balaban J connectivity index is 1.83. The zero-order valence-electron chi connectivity index (χ0n) is 25.7. The van der Waals surface area contributed by atoms with Crippen LogP contribution in [0.5, 0.6) is 17.2 Å². The number of fused-ring (bicyclic) bond motifs is 1. The van der Waals surface area contributed by atoms with Crippen molar-refractivity contribution in [3.8, 4) is 17.2 Å². The maximum Gasteiger partial charge on any atom is 0.435 e. The van der Waals surface area contributed by atoms with E-state index in [1.165, 1.54) is 19.3 Å². The van der Waals surface area contributed by atoms with Crippen LogP contribution >= 0.6 is 0 Å². The molecule has 0 fully saturated rings. The number of hydrogen-bond donors (Lipinski definition) is 0. The number of benzene rings is 2. The number of unbranched alkanes of at least 4 members (excludes halogenated alkanes) is 1. The fourth-order valence-corrected chi connectivity index (χ4v) is 5.03. The van der Waals surface area contributed by atoms with Crippen LogP contribution < -0.4 is 14.2 Å². The number of aromatic nitrogens is 2. The fourth-order valence-electron chi connectivity index (χ4n) is 5.03. The largest absolute Gasteiger partial charge is 0.501 e. The van der Waals surface area contributed by atoms with E-state index in [9.17, 15) is 26.3 Å². The standard InChI is InChI=1S/C33H35F6N3O4/c1-5-7-9-24(21(3)43-4)31-40-30(33(37,38)39)26(42(31)14-8-6-2)19-41(18-23-11-13-28-29(16-23)45-20-44-28)17-22-10-12-27(25(34)15-22)46-32(35)36/h5,7,9-13,15-16,32H,1,6,8,14,17-20H2,2-4H3/b9-7-,24-21-. The van der Waals surface area contributed by atoms with Gasteiger partial charge in [-0.3, -0.25) is 4.90 Å². The summed E-state index contributed by atoms with van der Waals surface area (Å²) < 4.78 is 106. The second-order valence-corrected chi connectivity index (χ2v) is 10.5. The molecule has 0 aliphatic carbocycles. The zero-order valence-corrected chi connectivity index (χ0v) is 25.7. The Kier molecular flexibility index (Phi) is 11.4. The number of methoxy groups -OCH3 is 1. The van der Waals surface area contributed by atoms with E-state index in [2.05, 4.69) is 16.3 Å². The summed E-state index contributed by atoms with van der Waals surface area (Å²) in [6.45, 7) is 4.11. The summed E-state index contributed by atoms with van der Waals surface area (Å²) in [4.78, 5) is 5.81. The van der Waals surface area contributed by atoms with E-state index >= 15 is 0 Å². The van der Waals surface area contributed by atoms with Gasteiger partial charge in [-0.15, -0.1) is 0 Å². The molecule has 7 nitrogen and oxygen atoms in total. The Hall–Kier alpha value is -4.39. The third-order valence-corrected chi connectivity index (χ3v) is 7.24. The minimum Gasteiger partial charge on any atom is -0.501 e. The van der Waals surface area contributed by atoms with E-state index in [1.807, 2.05) is 6.92 Å². The quantitative estimate of drug-likeness (QED) is 0.0934. The molecule has 0 saturated heterocycles. The van der Waals surface area contributed by atoms with Gasteiger partial charge in [0.2, 0.25) is 6.79 Å². The molecule has 0 spiro atoms. The van der Waals surface area contributed by atoms with Crippen LogP contribution in [0.2, 0.25) is 0 Å². The van der Waals surface area contributed by atoms with Crippen LogP contribution in [0.1, 0.15) is 55.0 Å². The summed E-state index contributed by atoms with van der Waals surface area (Å²) in [5.74, 6) is -0.194. The minimum atomic E-state index is -4.80. The molecular formula is C33H35F6N3O4. The van der Waals surface area contributed by atoms with Crippen LogP contribution in [0, 0.1) is 5.82 Å². The molecule has 3 aromatic rings. The number of halogens is 6. The van der Waals surface area contributed by atoms with Crippen molar-refractivity contribution in [3.05, 3.63) is 101 Å². The van der Waals surface area contributed by atoms with Crippen molar-refractivity contribution in [2.45, 2.75) is 65.7 Å². The van der Waals surface area contributed by atoms with Gasteiger partial charge in [-0.25, -0.2) is 9.37 Å². The first-order valence-electron chi connectivity index (χ1n) is 14.5. The molecule has 248 valence electrons. The van der Waals surface area contributed by atoms with Gasteiger partial charge in [-0.1, -0.05) is 44.2 Å². The highest BCUT2D eigenvalue weighted by atomic mass is 19.4. The molecule has 0 radical (unpaired) electrons. The summed E-state index contributed by atoms with van der Waals surface area (Å²) in [6.07, 6.45) is 1.15. The van der Waals surface area contributed by atoms with Crippen molar-refractivity contribution in [2.75, 3.05) is 13.9 Å². The Labute approximate surface area is 263 Å². The molecule has 1 aromatic heterocycles. The maximum absolute atomic E-state index is 14.7. The molecule has 4 rings (SSSR count).